The van der Waals surface area contributed by atoms with Crippen LogP contribution in [0.1, 0.15) is 12.5 Å². The Labute approximate surface area is 120 Å². The molecule has 0 aromatic heterocycles. The van der Waals surface area contributed by atoms with Crippen molar-refractivity contribution in [2.24, 2.45) is 0 Å². The van der Waals surface area contributed by atoms with Gasteiger partial charge in [-0.1, -0.05) is 15.9 Å². The molecule has 0 bridgehead atoms. The summed E-state index contributed by atoms with van der Waals surface area (Å²) in [6.07, 6.45) is 0. The fourth-order valence-corrected chi connectivity index (χ4v) is 2.35. The maximum Gasteiger partial charge on any atom is 0.243 e. The molecule has 2 rings (SSSR count). The minimum absolute atomic E-state index is 0.219. The van der Waals surface area contributed by atoms with Gasteiger partial charge in [0.25, 0.3) is 0 Å². The van der Waals surface area contributed by atoms with Gasteiger partial charge in [-0.15, -0.1) is 0 Å². The van der Waals surface area contributed by atoms with Crippen molar-refractivity contribution >= 4 is 27.7 Å². The van der Waals surface area contributed by atoms with Gasteiger partial charge in [-0.3, -0.25) is 19.8 Å². The average molecular weight is 327 g/mol. The number of amides is 2. The minimum Gasteiger partial charge on any atom is -0.497 e. The van der Waals surface area contributed by atoms with Crippen LogP contribution in [0, 0.1) is 0 Å². The average Bonchev–Trinajstić information content (AvgIpc) is 2.38. The van der Waals surface area contributed by atoms with Gasteiger partial charge in [-0.25, -0.2) is 0 Å². The Morgan fingerprint density at radius 1 is 1.47 bits per heavy atom. The van der Waals surface area contributed by atoms with Crippen molar-refractivity contribution in [3.63, 3.8) is 0 Å². The molecule has 102 valence electrons. The van der Waals surface area contributed by atoms with E-state index >= 15 is 0 Å². The Hall–Kier alpha value is -1.40. The second-order valence-corrected chi connectivity index (χ2v) is 5.31. The standard InChI is InChI=1S/C13H15BrN2O3/c1-8-13(18)15-12(17)7-16(8)6-9-5-10(19-2)3-4-11(9)14/h3-5,8H,6-7H2,1-2H3,(H,15,17,18). The van der Waals surface area contributed by atoms with Crippen LogP contribution in [-0.2, 0) is 16.1 Å². The molecule has 1 unspecified atom stereocenters. The molecule has 1 heterocycles. The third-order valence-electron chi connectivity index (χ3n) is 3.16. The Morgan fingerprint density at radius 3 is 2.89 bits per heavy atom. The largest absolute Gasteiger partial charge is 0.497 e. The molecule has 1 aromatic rings. The minimum atomic E-state index is -0.323. The molecule has 1 aliphatic rings. The molecule has 1 aromatic carbocycles. The summed E-state index contributed by atoms with van der Waals surface area (Å²) in [5.41, 5.74) is 0.980. The first-order valence-electron chi connectivity index (χ1n) is 5.91. The highest BCUT2D eigenvalue weighted by atomic mass is 79.9. The van der Waals surface area contributed by atoms with E-state index in [0.29, 0.717) is 6.54 Å². The van der Waals surface area contributed by atoms with Crippen molar-refractivity contribution in [3.8, 4) is 5.75 Å². The first-order chi connectivity index (χ1) is 9.01. The molecule has 0 aliphatic carbocycles. The maximum absolute atomic E-state index is 11.6. The number of benzene rings is 1. The Bertz CT molecular complexity index is 519. The van der Waals surface area contributed by atoms with Crippen LogP contribution >= 0.6 is 15.9 Å². The summed E-state index contributed by atoms with van der Waals surface area (Å²) in [7, 11) is 1.60. The zero-order valence-corrected chi connectivity index (χ0v) is 12.4. The van der Waals surface area contributed by atoms with Crippen LogP contribution in [0.2, 0.25) is 0 Å². The number of rotatable bonds is 3. The number of halogens is 1. The molecule has 0 saturated carbocycles. The molecular formula is C13H15BrN2O3. The highest BCUT2D eigenvalue weighted by Crippen LogP contribution is 2.24. The van der Waals surface area contributed by atoms with Crippen molar-refractivity contribution in [3.05, 3.63) is 28.2 Å². The zero-order chi connectivity index (χ0) is 14.0. The number of methoxy groups -OCH3 is 1. The first kappa shape index (κ1) is 14.0. The summed E-state index contributed by atoms with van der Waals surface area (Å²) in [5, 5.41) is 2.33. The fourth-order valence-electron chi connectivity index (χ4n) is 1.98. The number of ether oxygens (including phenoxy) is 1. The number of carbonyl (C=O) groups excluding carboxylic acids is 2. The molecule has 1 aliphatic heterocycles. The maximum atomic E-state index is 11.6. The molecule has 0 radical (unpaired) electrons. The van der Waals surface area contributed by atoms with Crippen LogP contribution in [0.5, 0.6) is 5.75 Å². The van der Waals surface area contributed by atoms with Crippen LogP contribution in [-0.4, -0.2) is 36.4 Å². The molecule has 1 saturated heterocycles. The lowest BCUT2D eigenvalue weighted by Crippen LogP contribution is -2.56. The number of imide groups is 1. The quantitative estimate of drug-likeness (QED) is 0.851. The van der Waals surface area contributed by atoms with E-state index in [0.717, 1.165) is 15.8 Å². The summed E-state index contributed by atoms with van der Waals surface area (Å²) < 4.78 is 6.11. The van der Waals surface area contributed by atoms with Crippen LogP contribution in [0.3, 0.4) is 0 Å². The summed E-state index contributed by atoms with van der Waals surface area (Å²) in [6.45, 7) is 2.52. The van der Waals surface area contributed by atoms with E-state index in [4.69, 9.17) is 4.74 Å². The summed E-state index contributed by atoms with van der Waals surface area (Å²) >= 11 is 3.47. The van der Waals surface area contributed by atoms with Crippen LogP contribution in [0.25, 0.3) is 0 Å². The van der Waals surface area contributed by atoms with Crippen molar-refractivity contribution in [2.75, 3.05) is 13.7 Å². The highest BCUT2D eigenvalue weighted by Gasteiger charge is 2.30. The molecule has 1 atom stereocenters. The van der Waals surface area contributed by atoms with Crippen molar-refractivity contribution in [1.82, 2.24) is 10.2 Å². The normalized spacial score (nSPS) is 20.3. The molecule has 0 spiro atoms. The first-order valence-corrected chi connectivity index (χ1v) is 6.70. The molecule has 2 amide bonds. The third kappa shape index (κ3) is 3.13. The van der Waals surface area contributed by atoms with Crippen molar-refractivity contribution < 1.29 is 14.3 Å². The Balaban J connectivity index is 2.20. The SMILES string of the molecule is COc1ccc(Br)c(CN2CC(=O)NC(=O)C2C)c1. The van der Waals surface area contributed by atoms with Gasteiger partial charge in [-0.2, -0.15) is 0 Å². The monoisotopic (exact) mass is 326 g/mol. The van der Waals surface area contributed by atoms with Crippen LogP contribution < -0.4 is 10.1 Å². The Morgan fingerprint density at radius 2 is 2.21 bits per heavy atom. The van der Waals surface area contributed by atoms with Gasteiger partial charge in [0.05, 0.1) is 19.7 Å². The second-order valence-electron chi connectivity index (χ2n) is 4.45. The van der Waals surface area contributed by atoms with Gasteiger partial charge in [0.1, 0.15) is 5.75 Å². The molecule has 1 fully saturated rings. The molecule has 1 N–H and O–H groups in total. The molecule has 6 heteroatoms. The lowest BCUT2D eigenvalue weighted by Gasteiger charge is -2.31. The topological polar surface area (TPSA) is 58.6 Å². The van der Waals surface area contributed by atoms with E-state index in [1.54, 1.807) is 14.0 Å². The molecule has 5 nitrogen and oxygen atoms in total. The van der Waals surface area contributed by atoms with E-state index < -0.39 is 0 Å². The number of hydrogen-bond acceptors (Lipinski definition) is 4. The fraction of sp³-hybridized carbons (Fsp3) is 0.385. The number of carbonyl (C=O) groups is 2. The summed E-state index contributed by atoms with van der Waals surface area (Å²) in [5.74, 6) is 0.232. The van der Waals surface area contributed by atoms with Gasteiger partial charge in [0.2, 0.25) is 11.8 Å². The summed E-state index contributed by atoms with van der Waals surface area (Å²) in [6, 6.07) is 5.32. The number of nitrogens with one attached hydrogen (secondary N) is 1. The summed E-state index contributed by atoms with van der Waals surface area (Å²) in [4.78, 5) is 24.9. The Kier molecular flexibility index (Phi) is 4.21. The lowest BCUT2D eigenvalue weighted by molar-refractivity contribution is -0.139. The van der Waals surface area contributed by atoms with Gasteiger partial charge in [0, 0.05) is 11.0 Å². The predicted molar refractivity (Wildman–Crippen MR) is 73.7 cm³/mol. The number of nitrogens with zero attached hydrogens (tertiary/aromatic N) is 1. The van der Waals surface area contributed by atoms with E-state index in [-0.39, 0.29) is 24.4 Å². The highest BCUT2D eigenvalue weighted by molar-refractivity contribution is 9.10. The van der Waals surface area contributed by atoms with Crippen LogP contribution in [0.15, 0.2) is 22.7 Å². The van der Waals surface area contributed by atoms with Crippen molar-refractivity contribution in [2.45, 2.75) is 19.5 Å². The van der Waals surface area contributed by atoms with Crippen LogP contribution in [0.4, 0.5) is 0 Å². The van der Waals surface area contributed by atoms with Crippen molar-refractivity contribution in [1.29, 1.82) is 0 Å². The van der Waals surface area contributed by atoms with E-state index in [9.17, 15) is 9.59 Å². The van der Waals surface area contributed by atoms with E-state index in [2.05, 4.69) is 21.2 Å². The third-order valence-corrected chi connectivity index (χ3v) is 3.94. The lowest BCUT2D eigenvalue weighted by atomic mass is 10.1. The number of hydrogen-bond donors (Lipinski definition) is 1. The smallest absolute Gasteiger partial charge is 0.243 e. The van der Waals surface area contributed by atoms with Gasteiger partial charge < -0.3 is 4.74 Å². The number of piperazine rings is 1. The second kappa shape index (κ2) is 5.71. The van der Waals surface area contributed by atoms with E-state index in [1.165, 1.54) is 0 Å². The predicted octanol–water partition coefficient (Wildman–Crippen LogP) is 1.30. The molecule has 19 heavy (non-hydrogen) atoms. The van der Waals surface area contributed by atoms with Gasteiger partial charge in [0.15, 0.2) is 0 Å². The van der Waals surface area contributed by atoms with Gasteiger partial charge in [-0.05, 0) is 30.7 Å². The van der Waals surface area contributed by atoms with E-state index in [1.807, 2.05) is 23.1 Å². The zero-order valence-electron chi connectivity index (χ0n) is 10.8. The molecular weight excluding hydrogens is 312 g/mol. The van der Waals surface area contributed by atoms with Gasteiger partial charge >= 0.3 is 0 Å².